The number of carboxylic acid groups (broad SMARTS) is 1. The van der Waals surface area contributed by atoms with E-state index < -0.39 is 17.4 Å². The van der Waals surface area contributed by atoms with Gasteiger partial charge in [0.15, 0.2) is 0 Å². The number of benzene rings is 1. The second-order valence-corrected chi connectivity index (χ2v) is 6.47. The molecule has 0 aliphatic carbocycles. The Hall–Kier alpha value is -2.38. The van der Waals surface area contributed by atoms with Gasteiger partial charge in [0.1, 0.15) is 5.69 Å². The molecule has 0 spiro atoms. The van der Waals surface area contributed by atoms with Crippen molar-refractivity contribution in [2.24, 2.45) is 0 Å². The van der Waals surface area contributed by atoms with E-state index in [-0.39, 0.29) is 12.1 Å². The Morgan fingerprint density at radius 2 is 2.04 bits per heavy atom. The Bertz CT molecular complexity index is 784. The number of carbonyl (C=O) groups is 2. The van der Waals surface area contributed by atoms with E-state index in [1.807, 2.05) is 18.2 Å². The third-order valence-corrected chi connectivity index (χ3v) is 4.62. The van der Waals surface area contributed by atoms with Gasteiger partial charge in [-0.2, -0.15) is 5.10 Å². The number of nitrogens with one attached hydrogen (secondary N) is 2. The van der Waals surface area contributed by atoms with Gasteiger partial charge in [0.2, 0.25) is 0 Å². The first kappa shape index (κ1) is 17.4. The summed E-state index contributed by atoms with van der Waals surface area (Å²) in [5.41, 5.74) is 0.712. The number of rotatable bonds is 5. The number of aliphatic carboxylic acids is 1. The highest BCUT2D eigenvalue weighted by molar-refractivity contribution is 6.33. The van der Waals surface area contributed by atoms with Crippen molar-refractivity contribution in [2.45, 2.75) is 24.8 Å². The van der Waals surface area contributed by atoms with Gasteiger partial charge in [0.25, 0.3) is 5.91 Å². The van der Waals surface area contributed by atoms with E-state index in [1.165, 1.54) is 0 Å². The van der Waals surface area contributed by atoms with Crippen molar-refractivity contribution in [3.8, 4) is 11.3 Å². The molecular weight excluding hydrogens is 346 g/mol. The van der Waals surface area contributed by atoms with Crippen LogP contribution < -0.4 is 5.32 Å². The molecule has 1 fully saturated rings. The van der Waals surface area contributed by atoms with E-state index in [1.54, 1.807) is 12.1 Å². The molecule has 1 amide bonds. The topological polar surface area (TPSA) is 104 Å². The number of ether oxygens (including phenoxy) is 1. The molecule has 0 bridgehead atoms. The number of hydrogen-bond donors (Lipinski definition) is 3. The van der Waals surface area contributed by atoms with E-state index in [2.05, 4.69) is 15.5 Å². The molecule has 3 rings (SSSR count). The lowest BCUT2D eigenvalue weighted by Gasteiger charge is -2.36. The summed E-state index contributed by atoms with van der Waals surface area (Å²) in [7, 11) is 0. The number of halogens is 1. The summed E-state index contributed by atoms with van der Waals surface area (Å²) in [5.74, 6) is -1.35. The standard InChI is InChI=1S/C17H18ClN3O4/c18-12-4-2-1-3-11(12)13-9-14(21-20-13)16(24)19-17(10-15(22)23)5-7-25-8-6-17/h1-4,9H,5-8,10H2,(H,19,24)(H,20,21)(H,22,23). The number of aromatic nitrogens is 2. The average Bonchev–Trinajstić information content (AvgIpc) is 3.05. The SMILES string of the molecule is O=C(O)CC1(NC(=O)c2cc(-c3ccccc3Cl)n[nH]2)CCOCC1. The average molecular weight is 364 g/mol. The van der Waals surface area contributed by atoms with Crippen LogP contribution in [0.15, 0.2) is 30.3 Å². The molecule has 2 aromatic rings. The van der Waals surface area contributed by atoms with Gasteiger partial charge in [0, 0.05) is 18.8 Å². The first-order valence-electron chi connectivity index (χ1n) is 7.91. The Balaban J connectivity index is 1.79. The van der Waals surface area contributed by atoms with Crippen molar-refractivity contribution in [3.05, 3.63) is 41.0 Å². The van der Waals surface area contributed by atoms with Crippen LogP contribution in [0.4, 0.5) is 0 Å². The predicted octanol–water partition coefficient (Wildman–Crippen LogP) is 2.48. The number of H-pyrrole nitrogens is 1. The molecule has 7 nitrogen and oxygen atoms in total. The minimum Gasteiger partial charge on any atom is -0.481 e. The zero-order chi connectivity index (χ0) is 17.9. The molecule has 1 saturated heterocycles. The second kappa shape index (κ2) is 7.25. The van der Waals surface area contributed by atoms with Gasteiger partial charge in [0.05, 0.1) is 22.7 Å². The van der Waals surface area contributed by atoms with Crippen LogP contribution in [0.25, 0.3) is 11.3 Å². The van der Waals surface area contributed by atoms with E-state index >= 15 is 0 Å². The molecule has 0 saturated carbocycles. The fraction of sp³-hybridized carbons (Fsp3) is 0.353. The molecule has 0 unspecified atom stereocenters. The molecule has 0 atom stereocenters. The third-order valence-electron chi connectivity index (χ3n) is 4.29. The lowest BCUT2D eigenvalue weighted by molar-refractivity contribution is -0.139. The number of hydrogen-bond acceptors (Lipinski definition) is 4. The van der Waals surface area contributed by atoms with E-state index in [9.17, 15) is 14.7 Å². The van der Waals surface area contributed by atoms with Crippen molar-refractivity contribution in [1.82, 2.24) is 15.5 Å². The minimum absolute atomic E-state index is 0.145. The highest BCUT2D eigenvalue weighted by Crippen LogP contribution is 2.28. The monoisotopic (exact) mass is 363 g/mol. The van der Waals surface area contributed by atoms with Crippen LogP contribution in [0.2, 0.25) is 5.02 Å². The smallest absolute Gasteiger partial charge is 0.305 e. The molecule has 1 aliphatic heterocycles. The summed E-state index contributed by atoms with van der Waals surface area (Å²) in [6.07, 6.45) is 0.765. The number of amides is 1. The van der Waals surface area contributed by atoms with Gasteiger partial charge in [-0.3, -0.25) is 14.7 Å². The predicted molar refractivity (Wildman–Crippen MR) is 91.5 cm³/mol. The van der Waals surface area contributed by atoms with Crippen LogP contribution in [0.1, 0.15) is 29.8 Å². The molecule has 132 valence electrons. The lowest BCUT2D eigenvalue weighted by Crippen LogP contribution is -2.53. The van der Waals surface area contributed by atoms with Crippen molar-refractivity contribution in [2.75, 3.05) is 13.2 Å². The molecule has 8 heteroatoms. The van der Waals surface area contributed by atoms with E-state index in [4.69, 9.17) is 16.3 Å². The number of carboxylic acids is 1. The molecular formula is C17H18ClN3O4. The molecule has 1 aromatic heterocycles. The first-order chi connectivity index (χ1) is 12.0. The van der Waals surface area contributed by atoms with E-state index in [0.717, 1.165) is 0 Å². The molecule has 1 aliphatic rings. The molecule has 3 N–H and O–H groups in total. The quantitative estimate of drug-likeness (QED) is 0.757. The molecule has 1 aromatic carbocycles. The molecule has 2 heterocycles. The first-order valence-corrected chi connectivity index (χ1v) is 8.29. The fourth-order valence-electron chi connectivity index (χ4n) is 2.95. The Morgan fingerprint density at radius 3 is 2.72 bits per heavy atom. The van der Waals surface area contributed by atoms with Crippen molar-refractivity contribution in [1.29, 1.82) is 0 Å². The van der Waals surface area contributed by atoms with Crippen LogP contribution in [-0.2, 0) is 9.53 Å². The van der Waals surface area contributed by atoms with Crippen LogP contribution in [0, 0.1) is 0 Å². The van der Waals surface area contributed by atoms with Gasteiger partial charge < -0.3 is 15.2 Å². The molecule has 25 heavy (non-hydrogen) atoms. The van der Waals surface area contributed by atoms with Crippen LogP contribution in [0.5, 0.6) is 0 Å². The van der Waals surface area contributed by atoms with Gasteiger partial charge in [-0.05, 0) is 25.0 Å². The highest BCUT2D eigenvalue weighted by atomic mass is 35.5. The maximum atomic E-state index is 12.6. The summed E-state index contributed by atoms with van der Waals surface area (Å²) < 4.78 is 5.29. The van der Waals surface area contributed by atoms with Gasteiger partial charge in [-0.1, -0.05) is 29.8 Å². The summed E-state index contributed by atoms with van der Waals surface area (Å²) in [4.78, 5) is 23.8. The fourth-order valence-corrected chi connectivity index (χ4v) is 3.18. The lowest BCUT2D eigenvalue weighted by atomic mass is 9.86. The van der Waals surface area contributed by atoms with Gasteiger partial charge >= 0.3 is 5.97 Å². The summed E-state index contributed by atoms with van der Waals surface area (Å²) in [6.45, 7) is 0.836. The van der Waals surface area contributed by atoms with Crippen LogP contribution >= 0.6 is 11.6 Å². The maximum absolute atomic E-state index is 12.6. The number of aromatic amines is 1. The van der Waals surface area contributed by atoms with Crippen LogP contribution in [0.3, 0.4) is 0 Å². The van der Waals surface area contributed by atoms with Crippen molar-refractivity contribution >= 4 is 23.5 Å². The zero-order valence-electron chi connectivity index (χ0n) is 13.4. The summed E-state index contributed by atoms with van der Waals surface area (Å²) in [5, 5.41) is 19.4. The Morgan fingerprint density at radius 1 is 1.32 bits per heavy atom. The van der Waals surface area contributed by atoms with Gasteiger partial charge in [-0.25, -0.2) is 0 Å². The number of nitrogens with zero attached hydrogens (tertiary/aromatic N) is 1. The highest BCUT2D eigenvalue weighted by Gasteiger charge is 2.37. The van der Waals surface area contributed by atoms with Crippen molar-refractivity contribution in [3.63, 3.8) is 0 Å². The number of carbonyl (C=O) groups excluding carboxylic acids is 1. The Kier molecular flexibility index (Phi) is 5.06. The molecule has 0 radical (unpaired) electrons. The largest absolute Gasteiger partial charge is 0.481 e. The summed E-state index contributed by atoms with van der Waals surface area (Å²) >= 11 is 6.15. The van der Waals surface area contributed by atoms with E-state index in [0.29, 0.717) is 42.3 Å². The van der Waals surface area contributed by atoms with Gasteiger partial charge in [-0.15, -0.1) is 0 Å². The normalized spacial score (nSPS) is 16.4. The third kappa shape index (κ3) is 4.00. The van der Waals surface area contributed by atoms with Crippen molar-refractivity contribution < 1.29 is 19.4 Å². The Labute approximate surface area is 149 Å². The summed E-state index contributed by atoms with van der Waals surface area (Å²) in [6, 6.07) is 8.80. The zero-order valence-corrected chi connectivity index (χ0v) is 14.2. The maximum Gasteiger partial charge on any atom is 0.305 e. The minimum atomic E-state index is -0.955. The second-order valence-electron chi connectivity index (χ2n) is 6.06. The van der Waals surface area contributed by atoms with Crippen LogP contribution in [-0.4, -0.2) is 45.9 Å².